The summed E-state index contributed by atoms with van der Waals surface area (Å²) in [5, 5.41) is 16.5. The molecule has 0 aliphatic heterocycles. The standard InChI is InChI=1S/C6H8BNO4/c8-6-3-1-2-5(4-6)7(11-9)12-10/h1-4,9-10H,8H2. The number of hydrogen-bond acceptors (Lipinski definition) is 5. The molecule has 0 unspecified atom stereocenters. The first-order valence-electron chi connectivity index (χ1n) is 3.24. The van der Waals surface area contributed by atoms with Gasteiger partial charge in [0, 0.05) is 5.69 Å². The van der Waals surface area contributed by atoms with Gasteiger partial charge in [-0.15, -0.1) is 0 Å². The lowest BCUT2D eigenvalue weighted by molar-refractivity contribution is -0.221. The molecule has 0 bridgehead atoms. The monoisotopic (exact) mass is 169 g/mol. The Morgan fingerprint density at radius 1 is 1.25 bits per heavy atom. The largest absolute Gasteiger partial charge is 0.554 e. The summed E-state index contributed by atoms with van der Waals surface area (Å²) in [6.07, 6.45) is 0. The summed E-state index contributed by atoms with van der Waals surface area (Å²) in [4.78, 5) is 7.63. The Bertz CT molecular complexity index is 253. The van der Waals surface area contributed by atoms with Crippen molar-refractivity contribution in [3.8, 4) is 0 Å². The number of hydrogen-bond donors (Lipinski definition) is 3. The highest BCUT2D eigenvalue weighted by atomic mass is 17.2. The van der Waals surface area contributed by atoms with E-state index in [1.165, 1.54) is 6.07 Å². The molecule has 5 nitrogen and oxygen atoms in total. The van der Waals surface area contributed by atoms with Gasteiger partial charge in [0.05, 0.1) is 0 Å². The molecular weight excluding hydrogens is 161 g/mol. The number of rotatable bonds is 3. The van der Waals surface area contributed by atoms with E-state index in [1.54, 1.807) is 18.2 Å². The first-order chi connectivity index (χ1) is 5.77. The van der Waals surface area contributed by atoms with Crippen LogP contribution in [0.5, 0.6) is 0 Å². The summed E-state index contributed by atoms with van der Waals surface area (Å²) in [5.41, 5.74) is 6.35. The van der Waals surface area contributed by atoms with E-state index in [1.807, 2.05) is 0 Å². The van der Waals surface area contributed by atoms with Gasteiger partial charge in [0.25, 0.3) is 0 Å². The molecule has 0 atom stereocenters. The Balaban J connectivity index is 2.85. The maximum absolute atomic E-state index is 8.24. The minimum atomic E-state index is -1.21. The topological polar surface area (TPSA) is 84.9 Å². The zero-order valence-corrected chi connectivity index (χ0v) is 6.18. The summed E-state index contributed by atoms with van der Waals surface area (Å²) in [6, 6.07) is 6.41. The van der Waals surface area contributed by atoms with E-state index in [9.17, 15) is 0 Å². The first kappa shape index (κ1) is 9.02. The fourth-order valence-corrected chi connectivity index (χ4v) is 0.847. The lowest BCUT2D eigenvalue weighted by atomic mass is 9.80. The summed E-state index contributed by atoms with van der Waals surface area (Å²) in [7, 11) is -1.21. The molecule has 0 aromatic heterocycles. The summed E-state index contributed by atoms with van der Waals surface area (Å²) in [5.74, 6) is 0. The van der Waals surface area contributed by atoms with Gasteiger partial charge in [-0.2, -0.15) is 0 Å². The Morgan fingerprint density at radius 2 is 1.92 bits per heavy atom. The molecule has 0 radical (unpaired) electrons. The zero-order chi connectivity index (χ0) is 8.97. The van der Waals surface area contributed by atoms with Crippen LogP contribution in [0.25, 0.3) is 0 Å². The lowest BCUT2D eigenvalue weighted by Crippen LogP contribution is -2.35. The Labute approximate surface area is 69.3 Å². The van der Waals surface area contributed by atoms with Gasteiger partial charge in [0.2, 0.25) is 0 Å². The third-order valence-corrected chi connectivity index (χ3v) is 1.37. The van der Waals surface area contributed by atoms with Crippen LogP contribution in [0, 0.1) is 0 Å². The molecule has 1 aromatic rings. The van der Waals surface area contributed by atoms with E-state index in [0.717, 1.165) is 0 Å². The fourth-order valence-electron chi connectivity index (χ4n) is 0.847. The fraction of sp³-hybridized carbons (Fsp3) is 0. The van der Waals surface area contributed by atoms with Crippen LogP contribution in [0.1, 0.15) is 0 Å². The third-order valence-electron chi connectivity index (χ3n) is 1.37. The third kappa shape index (κ3) is 1.96. The van der Waals surface area contributed by atoms with E-state index >= 15 is 0 Å². The summed E-state index contributed by atoms with van der Waals surface area (Å²) in [6.45, 7) is 0. The Kier molecular flexibility index (Phi) is 3.06. The number of anilines is 1. The number of benzene rings is 1. The van der Waals surface area contributed by atoms with Crippen molar-refractivity contribution in [1.29, 1.82) is 0 Å². The van der Waals surface area contributed by atoms with Crippen LogP contribution in [0.2, 0.25) is 0 Å². The first-order valence-corrected chi connectivity index (χ1v) is 3.24. The predicted molar refractivity (Wildman–Crippen MR) is 43.7 cm³/mol. The molecule has 0 aliphatic rings. The van der Waals surface area contributed by atoms with E-state index in [2.05, 4.69) is 9.61 Å². The second-order valence-electron chi connectivity index (χ2n) is 2.21. The van der Waals surface area contributed by atoms with E-state index in [0.29, 0.717) is 11.2 Å². The van der Waals surface area contributed by atoms with Gasteiger partial charge in [0.15, 0.2) is 0 Å². The molecular formula is C6H8BNO4. The number of nitrogens with two attached hydrogens (primary N) is 1. The summed E-state index contributed by atoms with van der Waals surface area (Å²) < 4.78 is 0. The highest BCUT2D eigenvalue weighted by Gasteiger charge is 2.21. The Hall–Kier alpha value is -1.08. The van der Waals surface area contributed by atoms with E-state index in [4.69, 9.17) is 16.2 Å². The van der Waals surface area contributed by atoms with Gasteiger partial charge in [-0.3, -0.25) is 20.1 Å². The average Bonchev–Trinajstić information content (AvgIpc) is 2.07. The van der Waals surface area contributed by atoms with Crippen LogP contribution in [0.15, 0.2) is 24.3 Å². The summed E-state index contributed by atoms with van der Waals surface area (Å²) >= 11 is 0. The molecule has 0 saturated heterocycles. The smallest absolute Gasteiger partial charge is 0.399 e. The molecule has 4 N–H and O–H groups in total. The Morgan fingerprint density at radius 3 is 2.42 bits per heavy atom. The maximum Gasteiger partial charge on any atom is 0.554 e. The van der Waals surface area contributed by atoms with Crippen LogP contribution < -0.4 is 11.2 Å². The van der Waals surface area contributed by atoms with Crippen LogP contribution in [-0.2, 0) is 9.61 Å². The van der Waals surface area contributed by atoms with Crippen molar-refractivity contribution in [2.75, 3.05) is 5.73 Å². The van der Waals surface area contributed by atoms with Crippen molar-refractivity contribution in [2.24, 2.45) is 0 Å². The number of nitrogen functional groups attached to an aromatic ring is 1. The molecule has 0 amide bonds. The molecule has 1 aromatic carbocycles. The zero-order valence-electron chi connectivity index (χ0n) is 6.18. The van der Waals surface area contributed by atoms with Crippen molar-refractivity contribution in [3.63, 3.8) is 0 Å². The molecule has 0 fully saturated rings. The quantitative estimate of drug-likeness (QED) is 0.255. The average molecular weight is 169 g/mol. The van der Waals surface area contributed by atoms with Crippen molar-refractivity contribution in [2.45, 2.75) is 0 Å². The van der Waals surface area contributed by atoms with Gasteiger partial charge >= 0.3 is 7.12 Å². The lowest BCUT2D eigenvalue weighted by Gasteiger charge is -2.04. The van der Waals surface area contributed by atoms with Gasteiger partial charge in [0.1, 0.15) is 0 Å². The van der Waals surface area contributed by atoms with Gasteiger partial charge in [-0.25, -0.2) is 0 Å². The molecule has 0 heterocycles. The van der Waals surface area contributed by atoms with Crippen LogP contribution in [0.3, 0.4) is 0 Å². The van der Waals surface area contributed by atoms with Crippen LogP contribution in [-0.4, -0.2) is 17.6 Å². The highest BCUT2D eigenvalue weighted by Crippen LogP contribution is 1.98. The van der Waals surface area contributed by atoms with Crippen LogP contribution >= 0.6 is 0 Å². The molecule has 6 heteroatoms. The molecule has 1 rings (SSSR count). The van der Waals surface area contributed by atoms with E-state index in [-0.39, 0.29) is 0 Å². The van der Waals surface area contributed by atoms with Gasteiger partial charge in [-0.05, 0) is 17.6 Å². The SMILES string of the molecule is Nc1cccc(B(OO)OO)c1. The second-order valence-corrected chi connectivity index (χ2v) is 2.21. The maximum atomic E-state index is 8.24. The minimum absolute atomic E-state index is 0.431. The second kappa shape index (κ2) is 4.08. The molecule has 0 saturated carbocycles. The molecule has 0 aliphatic carbocycles. The molecule has 0 spiro atoms. The van der Waals surface area contributed by atoms with Crippen molar-refractivity contribution in [1.82, 2.24) is 0 Å². The van der Waals surface area contributed by atoms with Crippen molar-refractivity contribution in [3.05, 3.63) is 24.3 Å². The normalized spacial score (nSPS) is 9.83. The molecule has 64 valence electrons. The predicted octanol–water partition coefficient (Wildman–Crippen LogP) is -0.0568. The highest BCUT2D eigenvalue weighted by molar-refractivity contribution is 6.60. The van der Waals surface area contributed by atoms with E-state index < -0.39 is 7.12 Å². The van der Waals surface area contributed by atoms with Gasteiger partial charge < -0.3 is 5.73 Å². The molecule has 12 heavy (non-hydrogen) atoms. The van der Waals surface area contributed by atoms with Gasteiger partial charge in [-0.1, -0.05) is 12.1 Å². The van der Waals surface area contributed by atoms with Crippen molar-refractivity contribution >= 4 is 18.3 Å². The van der Waals surface area contributed by atoms with Crippen LogP contribution in [0.4, 0.5) is 5.69 Å². The minimum Gasteiger partial charge on any atom is -0.399 e. The van der Waals surface area contributed by atoms with Crippen molar-refractivity contribution < 1.29 is 20.1 Å².